The van der Waals surface area contributed by atoms with Crippen LogP contribution < -0.4 is 4.74 Å². The number of fused-ring (bicyclic) bond motifs is 4. The minimum Gasteiger partial charge on any atom is -0.507 e. The number of hydrogen-bond donors (Lipinski definition) is 3. The Hall–Kier alpha value is -3.92. The second-order valence-corrected chi connectivity index (χ2v) is 8.17. The maximum Gasteiger partial charge on any atom is 0.169 e. The number of aryl methyl sites for hydroxylation is 4. The van der Waals surface area contributed by atoms with Gasteiger partial charge in [0, 0.05) is 11.1 Å². The number of rotatable bonds is 0. The fourth-order valence-electron chi connectivity index (χ4n) is 4.37. The van der Waals surface area contributed by atoms with E-state index in [1.54, 1.807) is 18.2 Å². The molecule has 4 nitrogen and oxygen atoms in total. The molecule has 3 N–H and O–H groups in total. The summed E-state index contributed by atoms with van der Waals surface area (Å²) in [5, 5.41) is 31.9. The molecular formula is C28H24O4. The van der Waals surface area contributed by atoms with Gasteiger partial charge in [0.25, 0.3) is 0 Å². The zero-order chi connectivity index (χ0) is 22.1. The van der Waals surface area contributed by atoms with Crippen LogP contribution in [0.1, 0.15) is 22.3 Å². The molecule has 0 saturated heterocycles. The molecule has 160 valence electrons. The van der Waals surface area contributed by atoms with Crippen LogP contribution in [0.25, 0.3) is 11.1 Å². The summed E-state index contributed by atoms with van der Waals surface area (Å²) in [6.45, 7) is 0. The number of phenols is 3. The lowest BCUT2D eigenvalue weighted by Gasteiger charge is -2.18. The molecule has 2 heterocycles. The highest BCUT2D eigenvalue weighted by Crippen LogP contribution is 2.41. The zero-order valence-electron chi connectivity index (χ0n) is 17.6. The van der Waals surface area contributed by atoms with Crippen LogP contribution >= 0.6 is 0 Å². The molecule has 4 aromatic rings. The summed E-state index contributed by atoms with van der Waals surface area (Å²) in [6.07, 6.45) is 2.85. The number of hydrogen-bond acceptors (Lipinski definition) is 4. The highest BCUT2D eigenvalue weighted by molar-refractivity contribution is 5.81. The molecule has 0 fully saturated rings. The van der Waals surface area contributed by atoms with Crippen molar-refractivity contribution in [3.63, 3.8) is 0 Å². The maximum absolute atomic E-state index is 10.8. The third-order valence-electron chi connectivity index (χ3n) is 6.05. The fraction of sp³-hybridized carbons (Fsp3) is 0.143. The van der Waals surface area contributed by atoms with E-state index in [0.29, 0.717) is 35.5 Å². The Morgan fingerprint density at radius 1 is 0.531 bits per heavy atom. The van der Waals surface area contributed by atoms with Gasteiger partial charge in [-0.05, 0) is 84.3 Å². The third kappa shape index (κ3) is 3.87. The average Bonchev–Trinajstić information content (AvgIpc) is 2.79. The number of ether oxygens (including phenoxy) is 1. The van der Waals surface area contributed by atoms with Crippen molar-refractivity contribution in [2.75, 3.05) is 0 Å². The zero-order valence-corrected chi connectivity index (χ0v) is 17.6. The highest BCUT2D eigenvalue weighted by atomic mass is 16.5. The molecule has 0 aliphatic carbocycles. The Balaban J connectivity index is 1.67. The summed E-state index contributed by atoms with van der Waals surface area (Å²) >= 11 is 0. The first-order valence-corrected chi connectivity index (χ1v) is 10.8. The van der Waals surface area contributed by atoms with E-state index in [1.165, 1.54) is 0 Å². The monoisotopic (exact) mass is 424 g/mol. The number of phenolic OH excluding ortho intramolecular Hbond substituents is 3. The molecule has 4 heteroatoms. The smallest absolute Gasteiger partial charge is 0.169 e. The topological polar surface area (TPSA) is 69.9 Å². The molecular weight excluding hydrogens is 400 g/mol. The van der Waals surface area contributed by atoms with Gasteiger partial charge in [0.2, 0.25) is 0 Å². The van der Waals surface area contributed by atoms with Crippen LogP contribution in [-0.4, -0.2) is 15.3 Å². The first-order valence-electron chi connectivity index (χ1n) is 10.8. The van der Waals surface area contributed by atoms with Crippen LogP contribution in [0.5, 0.6) is 28.7 Å². The molecule has 0 radical (unpaired) electrons. The van der Waals surface area contributed by atoms with Crippen LogP contribution in [0.4, 0.5) is 0 Å². The van der Waals surface area contributed by atoms with Gasteiger partial charge in [-0.15, -0.1) is 0 Å². The minimum atomic E-state index is 0.0934. The van der Waals surface area contributed by atoms with Gasteiger partial charge in [0.15, 0.2) is 11.5 Å². The first-order chi connectivity index (χ1) is 15.6. The lowest BCUT2D eigenvalue weighted by atomic mass is 9.89. The van der Waals surface area contributed by atoms with Crippen LogP contribution in [0.2, 0.25) is 0 Å². The van der Waals surface area contributed by atoms with Crippen molar-refractivity contribution in [3.05, 3.63) is 101 Å². The quantitative estimate of drug-likeness (QED) is 0.317. The Bertz CT molecular complexity index is 1280. The summed E-state index contributed by atoms with van der Waals surface area (Å²) in [6, 6.07) is 24.2. The van der Waals surface area contributed by atoms with Crippen molar-refractivity contribution >= 4 is 0 Å². The van der Waals surface area contributed by atoms with Crippen molar-refractivity contribution in [1.82, 2.24) is 0 Å². The summed E-state index contributed by atoms with van der Waals surface area (Å²) < 4.78 is 5.94. The molecule has 0 spiro atoms. The van der Waals surface area contributed by atoms with Gasteiger partial charge in [-0.3, -0.25) is 0 Å². The SMILES string of the molecule is Oc1ccc2cc1Oc1ccc(cc1)CCc1cccc(O)c1-c1c(O)cccc1CC2. The molecule has 0 saturated carbocycles. The van der Waals surface area contributed by atoms with E-state index < -0.39 is 0 Å². The lowest BCUT2D eigenvalue weighted by molar-refractivity contribution is 0.410. The van der Waals surface area contributed by atoms with E-state index in [-0.39, 0.29) is 17.2 Å². The number of aromatic hydroxyl groups is 3. The Morgan fingerprint density at radius 3 is 1.72 bits per heavy atom. The highest BCUT2D eigenvalue weighted by Gasteiger charge is 2.18. The molecule has 4 bridgehead atoms. The van der Waals surface area contributed by atoms with Crippen molar-refractivity contribution in [2.45, 2.75) is 25.7 Å². The van der Waals surface area contributed by atoms with Crippen LogP contribution in [0.15, 0.2) is 78.9 Å². The maximum atomic E-state index is 10.8. The predicted octanol–water partition coefficient (Wildman–Crippen LogP) is 6.15. The van der Waals surface area contributed by atoms with E-state index in [0.717, 1.165) is 35.1 Å². The minimum absolute atomic E-state index is 0.0934. The van der Waals surface area contributed by atoms with Gasteiger partial charge in [-0.2, -0.15) is 0 Å². The van der Waals surface area contributed by atoms with Crippen molar-refractivity contribution in [1.29, 1.82) is 0 Å². The summed E-state index contributed by atoms with van der Waals surface area (Å²) in [5.41, 5.74) is 5.46. The van der Waals surface area contributed by atoms with Gasteiger partial charge in [-0.1, -0.05) is 42.5 Å². The molecule has 0 amide bonds. The van der Waals surface area contributed by atoms with Gasteiger partial charge in [0.1, 0.15) is 17.2 Å². The fourth-order valence-corrected chi connectivity index (χ4v) is 4.37. The van der Waals surface area contributed by atoms with Crippen LogP contribution in [-0.2, 0) is 25.7 Å². The molecule has 4 aromatic carbocycles. The van der Waals surface area contributed by atoms with E-state index in [9.17, 15) is 15.3 Å². The van der Waals surface area contributed by atoms with Gasteiger partial charge >= 0.3 is 0 Å². The van der Waals surface area contributed by atoms with Crippen molar-refractivity contribution < 1.29 is 20.1 Å². The molecule has 32 heavy (non-hydrogen) atoms. The van der Waals surface area contributed by atoms with Gasteiger partial charge < -0.3 is 20.1 Å². The van der Waals surface area contributed by atoms with Crippen molar-refractivity contribution in [2.24, 2.45) is 0 Å². The van der Waals surface area contributed by atoms with E-state index >= 15 is 0 Å². The van der Waals surface area contributed by atoms with Gasteiger partial charge in [0.05, 0.1) is 0 Å². The molecule has 0 aromatic heterocycles. The standard InChI is InChI=1S/C28H24O4/c29-23-16-11-19-8-13-21-4-2-6-25(31)28(21)27-20(3-1-5-24(27)30)12-7-18-9-14-22(15-10-18)32-26(23)17-19/h1-6,9-11,14-17,29-31H,7-8,12-13H2. The molecule has 0 atom stereocenters. The predicted molar refractivity (Wildman–Crippen MR) is 125 cm³/mol. The molecule has 2 aliphatic rings. The molecule has 2 aliphatic heterocycles. The largest absolute Gasteiger partial charge is 0.507 e. The summed E-state index contributed by atoms with van der Waals surface area (Å²) in [7, 11) is 0. The van der Waals surface area contributed by atoms with Crippen LogP contribution in [0.3, 0.4) is 0 Å². The van der Waals surface area contributed by atoms with Crippen LogP contribution in [0, 0.1) is 0 Å². The number of benzene rings is 4. The molecule has 6 rings (SSSR count). The summed E-state index contributed by atoms with van der Waals surface area (Å²) in [4.78, 5) is 0. The Morgan fingerprint density at radius 2 is 1.09 bits per heavy atom. The third-order valence-corrected chi connectivity index (χ3v) is 6.05. The second kappa shape index (κ2) is 8.31. The first kappa shape index (κ1) is 20.0. The summed E-state index contributed by atoms with van der Waals surface area (Å²) in [5.74, 6) is 1.51. The molecule has 0 unspecified atom stereocenters. The second-order valence-electron chi connectivity index (χ2n) is 8.17. The van der Waals surface area contributed by atoms with E-state index in [2.05, 4.69) is 0 Å². The van der Waals surface area contributed by atoms with Gasteiger partial charge in [-0.25, -0.2) is 0 Å². The normalized spacial score (nSPS) is 13.1. The van der Waals surface area contributed by atoms with E-state index in [4.69, 9.17) is 4.74 Å². The lowest BCUT2D eigenvalue weighted by Crippen LogP contribution is -2.00. The Kier molecular flexibility index (Phi) is 5.20. The average molecular weight is 424 g/mol. The van der Waals surface area contributed by atoms with E-state index in [1.807, 2.05) is 60.7 Å². The Labute approximate surface area is 187 Å². The van der Waals surface area contributed by atoms with Crippen molar-refractivity contribution in [3.8, 4) is 39.9 Å².